The largest absolute Gasteiger partial charge is 0.355 e. The number of hydrogen-bond acceptors (Lipinski definition) is 7. The summed E-state index contributed by atoms with van der Waals surface area (Å²) in [4.78, 5) is 29.4. The SMILES string of the molecule is Cc1cc(C)n(-c2cc(N3CC(C(=O)Nc4nc5c(s4)CCCC5)C3)ncn2)n1. The van der Waals surface area contributed by atoms with Crippen LogP contribution in [0.3, 0.4) is 0 Å². The predicted molar refractivity (Wildman–Crippen MR) is 112 cm³/mol. The van der Waals surface area contributed by atoms with E-state index in [1.165, 1.54) is 23.4 Å². The van der Waals surface area contributed by atoms with Crippen molar-refractivity contribution in [3.05, 3.63) is 40.4 Å². The molecule has 3 aromatic heterocycles. The van der Waals surface area contributed by atoms with Crippen LogP contribution >= 0.6 is 11.3 Å². The summed E-state index contributed by atoms with van der Waals surface area (Å²) in [6, 6.07) is 3.94. The van der Waals surface area contributed by atoms with E-state index < -0.39 is 0 Å². The molecule has 9 heteroatoms. The second-order valence-electron chi connectivity index (χ2n) is 7.76. The molecule has 1 aliphatic carbocycles. The fourth-order valence-corrected chi connectivity index (χ4v) is 4.98. The van der Waals surface area contributed by atoms with Crippen LogP contribution in [0.4, 0.5) is 10.9 Å². The highest BCUT2D eigenvalue weighted by Gasteiger charge is 2.34. The molecule has 0 aromatic carbocycles. The zero-order chi connectivity index (χ0) is 20.0. The molecule has 150 valence electrons. The Morgan fingerprint density at radius 3 is 2.69 bits per heavy atom. The van der Waals surface area contributed by atoms with Gasteiger partial charge < -0.3 is 10.2 Å². The number of nitrogens with one attached hydrogen (secondary N) is 1. The number of nitrogens with zero attached hydrogens (tertiary/aromatic N) is 6. The highest BCUT2D eigenvalue weighted by Crippen LogP contribution is 2.31. The van der Waals surface area contributed by atoms with Crippen molar-refractivity contribution in [2.24, 2.45) is 5.92 Å². The van der Waals surface area contributed by atoms with Crippen LogP contribution in [0.15, 0.2) is 18.5 Å². The van der Waals surface area contributed by atoms with Crippen LogP contribution in [0.25, 0.3) is 5.82 Å². The van der Waals surface area contributed by atoms with Crippen LogP contribution in [-0.2, 0) is 17.6 Å². The Bertz CT molecular complexity index is 1040. The summed E-state index contributed by atoms with van der Waals surface area (Å²) >= 11 is 1.63. The molecular weight excluding hydrogens is 386 g/mol. The number of carbonyl (C=O) groups is 1. The Morgan fingerprint density at radius 2 is 1.93 bits per heavy atom. The summed E-state index contributed by atoms with van der Waals surface area (Å²) in [6.45, 7) is 5.25. The lowest BCUT2D eigenvalue weighted by Gasteiger charge is -2.38. The quantitative estimate of drug-likeness (QED) is 0.713. The van der Waals surface area contributed by atoms with Crippen molar-refractivity contribution in [3.8, 4) is 5.82 Å². The number of rotatable bonds is 4. The molecule has 1 fully saturated rings. The Morgan fingerprint density at radius 1 is 1.14 bits per heavy atom. The molecule has 0 unspecified atom stereocenters. The predicted octanol–water partition coefficient (Wildman–Crippen LogP) is 2.69. The Balaban J connectivity index is 1.23. The van der Waals surface area contributed by atoms with Gasteiger partial charge in [0.1, 0.15) is 12.1 Å². The van der Waals surface area contributed by atoms with E-state index >= 15 is 0 Å². The van der Waals surface area contributed by atoms with Gasteiger partial charge in [0.15, 0.2) is 10.9 Å². The van der Waals surface area contributed by atoms with Crippen molar-refractivity contribution in [1.29, 1.82) is 0 Å². The molecule has 3 aromatic rings. The van der Waals surface area contributed by atoms with Crippen molar-refractivity contribution < 1.29 is 4.79 Å². The first-order chi connectivity index (χ1) is 14.1. The Hall–Kier alpha value is -2.81. The van der Waals surface area contributed by atoms with Gasteiger partial charge in [-0.05, 0) is 45.6 Å². The maximum absolute atomic E-state index is 12.6. The Kier molecular flexibility index (Phi) is 4.54. The van der Waals surface area contributed by atoms with Crippen LogP contribution in [0.1, 0.15) is 34.8 Å². The molecule has 0 bridgehead atoms. The average Bonchev–Trinajstić information content (AvgIpc) is 3.22. The van der Waals surface area contributed by atoms with E-state index in [-0.39, 0.29) is 11.8 Å². The number of carbonyl (C=O) groups excluding carboxylic acids is 1. The molecule has 4 heterocycles. The summed E-state index contributed by atoms with van der Waals surface area (Å²) in [7, 11) is 0. The molecule has 1 amide bonds. The highest BCUT2D eigenvalue weighted by atomic mass is 32.1. The smallest absolute Gasteiger partial charge is 0.232 e. The lowest BCUT2D eigenvalue weighted by atomic mass is 9.99. The van der Waals surface area contributed by atoms with Gasteiger partial charge in [-0.1, -0.05) is 0 Å². The maximum Gasteiger partial charge on any atom is 0.232 e. The van der Waals surface area contributed by atoms with Crippen LogP contribution in [-0.4, -0.2) is 43.7 Å². The molecule has 1 aliphatic heterocycles. The highest BCUT2D eigenvalue weighted by molar-refractivity contribution is 7.15. The maximum atomic E-state index is 12.6. The van der Waals surface area contributed by atoms with Crippen LogP contribution in [0.5, 0.6) is 0 Å². The minimum atomic E-state index is -0.0528. The molecule has 5 rings (SSSR count). The lowest BCUT2D eigenvalue weighted by Crippen LogP contribution is -2.52. The molecule has 29 heavy (non-hydrogen) atoms. The molecule has 1 N–H and O–H groups in total. The number of aryl methyl sites for hydroxylation is 4. The van der Waals surface area contributed by atoms with Crippen molar-refractivity contribution in [1.82, 2.24) is 24.7 Å². The van der Waals surface area contributed by atoms with E-state index in [1.54, 1.807) is 17.7 Å². The molecule has 1 saturated heterocycles. The normalized spacial score (nSPS) is 16.4. The van der Waals surface area contributed by atoms with E-state index in [1.807, 2.05) is 30.7 Å². The third-order valence-corrected chi connectivity index (χ3v) is 6.59. The van der Waals surface area contributed by atoms with E-state index in [9.17, 15) is 4.79 Å². The molecule has 0 saturated carbocycles. The van der Waals surface area contributed by atoms with Gasteiger partial charge in [0.05, 0.1) is 17.3 Å². The standard InChI is InChI=1S/C20H23N7OS/c1-12-7-13(2)27(25-12)18-8-17(21-11-22-18)26-9-14(10-26)19(28)24-20-23-15-5-3-4-6-16(15)29-20/h7-8,11,14H,3-6,9-10H2,1-2H3,(H,23,24,28). The molecular formula is C20H23N7OS. The van der Waals surface area contributed by atoms with Crippen molar-refractivity contribution in [2.75, 3.05) is 23.3 Å². The minimum absolute atomic E-state index is 0.0418. The third-order valence-electron chi connectivity index (χ3n) is 5.52. The second kappa shape index (κ2) is 7.22. The fraction of sp³-hybridized carbons (Fsp3) is 0.450. The summed E-state index contributed by atoms with van der Waals surface area (Å²) in [5.74, 6) is 1.54. The van der Waals surface area contributed by atoms with E-state index in [0.717, 1.165) is 41.0 Å². The molecule has 0 spiro atoms. The first-order valence-corrected chi connectivity index (χ1v) is 10.8. The first kappa shape index (κ1) is 18.2. The van der Waals surface area contributed by atoms with E-state index in [2.05, 4.69) is 30.3 Å². The number of aromatic nitrogens is 5. The molecule has 0 radical (unpaired) electrons. The summed E-state index contributed by atoms with van der Waals surface area (Å²) in [5.41, 5.74) is 3.15. The summed E-state index contributed by atoms with van der Waals surface area (Å²) < 4.78 is 1.81. The number of thiazole rings is 1. The van der Waals surface area contributed by atoms with Gasteiger partial charge >= 0.3 is 0 Å². The van der Waals surface area contributed by atoms with Crippen molar-refractivity contribution in [2.45, 2.75) is 39.5 Å². The topological polar surface area (TPSA) is 88.8 Å². The van der Waals surface area contributed by atoms with Crippen LogP contribution < -0.4 is 10.2 Å². The van der Waals surface area contributed by atoms with Gasteiger partial charge in [0, 0.05) is 29.7 Å². The number of hydrogen-bond donors (Lipinski definition) is 1. The Labute approximate surface area is 173 Å². The molecule has 8 nitrogen and oxygen atoms in total. The first-order valence-electron chi connectivity index (χ1n) is 9.97. The molecule has 2 aliphatic rings. The van der Waals surface area contributed by atoms with Gasteiger partial charge in [0.2, 0.25) is 5.91 Å². The van der Waals surface area contributed by atoms with E-state index in [4.69, 9.17) is 0 Å². The summed E-state index contributed by atoms with van der Waals surface area (Å²) in [5, 5.41) is 8.24. The third kappa shape index (κ3) is 3.50. The van der Waals surface area contributed by atoms with Crippen molar-refractivity contribution in [3.63, 3.8) is 0 Å². The zero-order valence-corrected chi connectivity index (χ0v) is 17.4. The fourth-order valence-electron chi connectivity index (χ4n) is 3.93. The van der Waals surface area contributed by atoms with E-state index in [0.29, 0.717) is 13.1 Å². The number of amides is 1. The number of anilines is 2. The van der Waals surface area contributed by atoms with Crippen LogP contribution in [0, 0.1) is 19.8 Å². The van der Waals surface area contributed by atoms with Gasteiger partial charge in [0.25, 0.3) is 0 Å². The zero-order valence-electron chi connectivity index (χ0n) is 16.6. The minimum Gasteiger partial charge on any atom is -0.355 e. The van der Waals surface area contributed by atoms with Gasteiger partial charge in [-0.25, -0.2) is 19.6 Å². The van der Waals surface area contributed by atoms with Crippen LogP contribution in [0.2, 0.25) is 0 Å². The van der Waals surface area contributed by atoms with Gasteiger partial charge in [-0.3, -0.25) is 4.79 Å². The number of fused-ring (bicyclic) bond motifs is 1. The molecule has 0 atom stereocenters. The second-order valence-corrected chi connectivity index (χ2v) is 8.84. The lowest BCUT2D eigenvalue weighted by molar-refractivity contribution is -0.120. The summed E-state index contributed by atoms with van der Waals surface area (Å²) in [6.07, 6.45) is 6.09. The average molecular weight is 410 g/mol. The van der Waals surface area contributed by atoms with Crippen molar-refractivity contribution >= 4 is 28.2 Å². The monoisotopic (exact) mass is 409 g/mol. The van der Waals surface area contributed by atoms with Gasteiger partial charge in [-0.15, -0.1) is 11.3 Å². The van der Waals surface area contributed by atoms with Gasteiger partial charge in [-0.2, -0.15) is 5.10 Å².